The van der Waals surface area contributed by atoms with Gasteiger partial charge in [0.2, 0.25) is 0 Å². The number of urea groups is 1. The lowest BCUT2D eigenvalue weighted by Gasteiger charge is -2.20. The van der Waals surface area contributed by atoms with E-state index in [-0.39, 0.29) is 18.5 Å². The van der Waals surface area contributed by atoms with Gasteiger partial charge in [0.05, 0.1) is 17.6 Å². The lowest BCUT2D eigenvalue weighted by Crippen LogP contribution is -2.43. The Hall–Kier alpha value is -2.08. The van der Waals surface area contributed by atoms with Crippen molar-refractivity contribution in [3.63, 3.8) is 0 Å². The highest BCUT2D eigenvalue weighted by Gasteiger charge is 2.47. The molecule has 122 valence electrons. The molecule has 1 aromatic carbocycles. The predicted octanol–water partition coefficient (Wildman–Crippen LogP) is 2.84. The van der Waals surface area contributed by atoms with Gasteiger partial charge in [0.25, 0.3) is 5.91 Å². The summed E-state index contributed by atoms with van der Waals surface area (Å²) in [6.07, 6.45) is 1.44. The molecule has 1 aliphatic rings. The van der Waals surface area contributed by atoms with Gasteiger partial charge < -0.3 is 9.88 Å². The molecule has 0 spiro atoms. The van der Waals surface area contributed by atoms with E-state index in [0.717, 1.165) is 17.5 Å². The number of carbonyl (C=O) groups excluding carboxylic acids is 2. The van der Waals surface area contributed by atoms with E-state index >= 15 is 0 Å². The molecular weight excluding hydrogens is 316 g/mol. The van der Waals surface area contributed by atoms with Crippen LogP contribution in [-0.2, 0) is 18.4 Å². The molecule has 1 aliphatic heterocycles. The summed E-state index contributed by atoms with van der Waals surface area (Å²) >= 11 is 5.99. The number of rotatable bonds is 4. The van der Waals surface area contributed by atoms with E-state index in [9.17, 15) is 9.59 Å². The van der Waals surface area contributed by atoms with Gasteiger partial charge in [-0.3, -0.25) is 9.69 Å². The first-order valence-corrected chi connectivity index (χ1v) is 7.98. The van der Waals surface area contributed by atoms with Crippen LogP contribution in [0.5, 0.6) is 0 Å². The number of aryl methyl sites for hydroxylation is 1. The van der Waals surface area contributed by atoms with Gasteiger partial charge in [-0.25, -0.2) is 9.78 Å². The van der Waals surface area contributed by atoms with Crippen LogP contribution in [0, 0.1) is 0 Å². The number of aromatic nitrogens is 2. The molecule has 2 aromatic rings. The molecule has 3 rings (SSSR count). The number of amides is 3. The minimum atomic E-state index is -0.820. The first kappa shape index (κ1) is 15.8. The minimum Gasteiger partial charge on any atom is -0.330 e. The molecule has 1 saturated heterocycles. The lowest BCUT2D eigenvalue weighted by atomic mass is 9.96. The van der Waals surface area contributed by atoms with Crippen molar-refractivity contribution in [3.8, 4) is 0 Å². The molecule has 0 bridgehead atoms. The maximum Gasteiger partial charge on any atom is 0.325 e. The number of hydrogen-bond donors (Lipinski definition) is 1. The molecule has 2 heterocycles. The molecule has 1 fully saturated rings. The van der Waals surface area contributed by atoms with E-state index in [0.29, 0.717) is 17.3 Å². The number of hydrogen-bond acceptors (Lipinski definition) is 3. The van der Waals surface area contributed by atoms with Crippen LogP contribution in [0.15, 0.2) is 18.2 Å². The summed E-state index contributed by atoms with van der Waals surface area (Å²) in [5.41, 5.74) is 0.839. The Morgan fingerprint density at radius 1 is 1.35 bits per heavy atom. The van der Waals surface area contributed by atoms with E-state index in [1.807, 2.05) is 24.6 Å². The van der Waals surface area contributed by atoms with Crippen molar-refractivity contribution in [1.82, 2.24) is 19.8 Å². The first-order chi connectivity index (χ1) is 10.9. The molecule has 1 aromatic heterocycles. The van der Waals surface area contributed by atoms with Crippen LogP contribution >= 0.6 is 11.6 Å². The van der Waals surface area contributed by atoms with Gasteiger partial charge in [0.15, 0.2) is 0 Å². The summed E-state index contributed by atoms with van der Waals surface area (Å²) < 4.78 is 1.88. The normalized spacial score (nSPS) is 21.3. The number of nitrogens with zero attached hydrogens (tertiary/aromatic N) is 3. The zero-order valence-corrected chi connectivity index (χ0v) is 14.1. The monoisotopic (exact) mass is 334 g/mol. The first-order valence-electron chi connectivity index (χ1n) is 7.60. The highest BCUT2D eigenvalue weighted by Crippen LogP contribution is 2.25. The van der Waals surface area contributed by atoms with Crippen molar-refractivity contribution >= 4 is 34.6 Å². The third-order valence-corrected chi connectivity index (χ3v) is 4.57. The van der Waals surface area contributed by atoms with Gasteiger partial charge in [-0.05, 0) is 31.5 Å². The van der Waals surface area contributed by atoms with E-state index in [2.05, 4.69) is 10.3 Å². The maximum atomic E-state index is 12.6. The topological polar surface area (TPSA) is 67.2 Å². The summed E-state index contributed by atoms with van der Waals surface area (Å²) in [7, 11) is 1.86. The zero-order valence-electron chi connectivity index (χ0n) is 13.4. The Morgan fingerprint density at radius 3 is 2.78 bits per heavy atom. The second-order valence-corrected chi connectivity index (χ2v) is 6.56. The van der Waals surface area contributed by atoms with Gasteiger partial charge >= 0.3 is 6.03 Å². The summed E-state index contributed by atoms with van der Waals surface area (Å²) in [5.74, 6) is 0.445. The Balaban J connectivity index is 1.92. The number of imide groups is 1. The Kier molecular flexibility index (Phi) is 3.80. The largest absolute Gasteiger partial charge is 0.330 e. The van der Waals surface area contributed by atoms with Gasteiger partial charge in [0, 0.05) is 12.1 Å². The summed E-state index contributed by atoms with van der Waals surface area (Å²) in [5, 5.41) is 3.40. The van der Waals surface area contributed by atoms with Crippen molar-refractivity contribution in [1.29, 1.82) is 0 Å². The quantitative estimate of drug-likeness (QED) is 0.874. The van der Waals surface area contributed by atoms with Crippen LogP contribution in [0.25, 0.3) is 11.0 Å². The van der Waals surface area contributed by atoms with Crippen molar-refractivity contribution in [2.24, 2.45) is 7.05 Å². The van der Waals surface area contributed by atoms with Crippen molar-refractivity contribution in [3.05, 3.63) is 29.0 Å². The van der Waals surface area contributed by atoms with Gasteiger partial charge in [-0.1, -0.05) is 24.9 Å². The maximum absolute atomic E-state index is 12.6. The summed E-state index contributed by atoms with van der Waals surface area (Å²) in [6, 6.07) is 5.08. The highest BCUT2D eigenvalue weighted by atomic mass is 35.5. The number of nitrogens with one attached hydrogen (secondary N) is 1. The second-order valence-electron chi connectivity index (χ2n) is 6.12. The zero-order chi connectivity index (χ0) is 16.8. The average molecular weight is 335 g/mol. The second kappa shape index (κ2) is 5.53. The number of benzene rings is 1. The number of fused-ring (bicyclic) bond motifs is 1. The van der Waals surface area contributed by atoms with Crippen LogP contribution in [0.4, 0.5) is 4.79 Å². The molecular formula is C16H19ClN4O2. The van der Waals surface area contributed by atoms with Crippen LogP contribution in [0.1, 0.15) is 32.5 Å². The fraction of sp³-hybridized carbons (Fsp3) is 0.438. The highest BCUT2D eigenvalue weighted by molar-refractivity contribution is 6.31. The van der Waals surface area contributed by atoms with Crippen LogP contribution < -0.4 is 5.32 Å². The third kappa shape index (κ3) is 2.57. The molecule has 0 aliphatic carbocycles. The number of carbonyl (C=O) groups is 2. The SMILES string of the molecule is CCC[C@@]1(C)NC(=O)N(Cc2nc3cc(Cl)ccc3n2C)C1=O. The van der Waals surface area contributed by atoms with Crippen molar-refractivity contribution in [2.75, 3.05) is 0 Å². The average Bonchev–Trinajstić information content (AvgIpc) is 2.89. The molecule has 1 N–H and O–H groups in total. The molecule has 0 saturated carbocycles. The molecule has 7 heteroatoms. The van der Waals surface area contributed by atoms with E-state index in [4.69, 9.17) is 11.6 Å². The summed E-state index contributed by atoms with van der Waals surface area (Å²) in [4.78, 5) is 30.5. The molecule has 6 nitrogen and oxygen atoms in total. The van der Waals surface area contributed by atoms with Gasteiger partial charge in [-0.2, -0.15) is 0 Å². The van der Waals surface area contributed by atoms with E-state index in [1.165, 1.54) is 4.90 Å². The van der Waals surface area contributed by atoms with E-state index < -0.39 is 5.54 Å². The van der Waals surface area contributed by atoms with Gasteiger partial charge in [-0.15, -0.1) is 0 Å². The number of halogens is 1. The van der Waals surface area contributed by atoms with E-state index in [1.54, 1.807) is 19.1 Å². The third-order valence-electron chi connectivity index (χ3n) is 4.33. The fourth-order valence-electron chi connectivity index (χ4n) is 3.07. The summed E-state index contributed by atoms with van der Waals surface area (Å²) in [6.45, 7) is 3.90. The van der Waals surface area contributed by atoms with Crippen molar-refractivity contribution in [2.45, 2.75) is 38.8 Å². The molecule has 0 radical (unpaired) electrons. The Labute approximate surface area is 139 Å². The molecule has 1 atom stereocenters. The lowest BCUT2D eigenvalue weighted by molar-refractivity contribution is -0.131. The minimum absolute atomic E-state index is 0.146. The molecule has 0 unspecified atom stereocenters. The van der Waals surface area contributed by atoms with Crippen LogP contribution in [0.3, 0.4) is 0 Å². The van der Waals surface area contributed by atoms with Crippen molar-refractivity contribution < 1.29 is 9.59 Å². The Bertz CT molecular complexity index is 801. The molecule has 3 amide bonds. The molecule has 23 heavy (non-hydrogen) atoms. The van der Waals surface area contributed by atoms with Crippen LogP contribution in [0.2, 0.25) is 5.02 Å². The smallest absolute Gasteiger partial charge is 0.325 e. The van der Waals surface area contributed by atoms with Gasteiger partial charge in [0.1, 0.15) is 11.4 Å². The standard InChI is InChI=1S/C16H19ClN4O2/c1-4-7-16(2)14(22)21(15(23)19-16)9-13-18-11-8-10(17)5-6-12(11)20(13)3/h5-6,8H,4,7,9H2,1-3H3,(H,19,23)/t16-/m1/s1. The Morgan fingerprint density at radius 2 is 2.09 bits per heavy atom. The predicted molar refractivity (Wildman–Crippen MR) is 88.1 cm³/mol. The van der Waals surface area contributed by atoms with Crippen LogP contribution in [-0.4, -0.2) is 31.9 Å². The number of imidazole rings is 1. The fourth-order valence-corrected chi connectivity index (χ4v) is 3.23.